The van der Waals surface area contributed by atoms with Crippen molar-refractivity contribution in [3.05, 3.63) is 35.9 Å². The second-order valence-electron chi connectivity index (χ2n) is 4.94. The van der Waals surface area contributed by atoms with Crippen molar-refractivity contribution < 1.29 is 4.79 Å². The molecule has 2 nitrogen and oxygen atoms in total. The van der Waals surface area contributed by atoms with Crippen LogP contribution in [0.2, 0.25) is 0 Å². The fourth-order valence-electron chi connectivity index (χ4n) is 2.30. The van der Waals surface area contributed by atoms with Gasteiger partial charge in [0.1, 0.15) is 0 Å². The molecular formula is C16H21NOS. The molecule has 0 bridgehead atoms. The van der Waals surface area contributed by atoms with Crippen molar-refractivity contribution in [1.29, 1.82) is 0 Å². The van der Waals surface area contributed by atoms with Crippen molar-refractivity contribution in [2.75, 3.05) is 11.4 Å². The van der Waals surface area contributed by atoms with Crippen LogP contribution >= 0.6 is 11.8 Å². The van der Waals surface area contributed by atoms with Gasteiger partial charge in [-0.2, -0.15) is 0 Å². The maximum absolute atomic E-state index is 12.6. The Bertz CT molecular complexity index is 495. The standard InChI is InChI=1S/C16H21NOS/c1-4-7-12(2)16(18)17-11-10-13(3)19-15-9-6-5-8-14(15)17/h5-9,13H,4,10-11H2,1-3H3/b12-7-. The van der Waals surface area contributed by atoms with Crippen LogP contribution in [0.3, 0.4) is 0 Å². The lowest BCUT2D eigenvalue weighted by molar-refractivity contribution is -0.115. The summed E-state index contributed by atoms with van der Waals surface area (Å²) in [6.45, 7) is 7.00. The third-order valence-electron chi connectivity index (χ3n) is 3.34. The second kappa shape index (κ2) is 6.29. The summed E-state index contributed by atoms with van der Waals surface area (Å²) in [4.78, 5) is 15.7. The second-order valence-corrected chi connectivity index (χ2v) is 6.42. The van der Waals surface area contributed by atoms with Gasteiger partial charge in [0.15, 0.2) is 0 Å². The van der Waals surface area contributed by atoms with Crippen LogP contribution in [0.25, 0.3) is 0 Å². The molecule has 0 radical (unpaired) electrons. The van der Waals surface area contributed by atoms with Crippen molar-refractivity contribution in [3.8, 4) is 0 Å². The number of rotatable bonds is 2. The number of hydrogen-bond acceptors (Lipinski definition) is 2. The summed E-state index contributed by atoms with van der Waals surface area (Å²) in [6.07, 6.45) is 3.94. The quantitative estimate of drug-likeness (QED) is 0.752. The smallest absolute Gasteiger partial charge is 0.253 e. The van der Waals surface area contributed by atoms with Crippen LogP contribution in [0.15, 0.2) is 40.8 Å². The lowest BCUT2D eigenvalue weighted by Crippen LogP contribution is -2.32. The average Bonchev–Trinajstić information content (AvgIpc) is 2.56. The van der Waals surface area contributed by atoms with Gasteiger partial charge < -0.3 is 4.90 Å². The van der Waals surface area contributed by atoms with Gasteiger partial charge >= 0.3 is 0 Å². The summed E-state index contributed by atoms with van der Waals surface area (Å²) in [5, 5.41) is 0.550. The zero-order valence-electron chi connectivity index (χ0n) is 11.8. The molecule has 0 fully saturated rings. The molecule has 0 N–H and O–H groups in total. The molecule has 3 heteroatoms. The van der Waals surface area contributed by atoms with E-state index in [9.17, 15) is 4.79 Å². The van der Waals surface area contributed by atoms with Crippen LogP contribution in [0.5, 0.6) is 0 Å². The highest BCUT2D eigenvalue weighted by Gasteiger charge is 2.24. The zero-order chi connectivity index (χ0) is 13.8. The Kier molecular flexibility index (Phi) is 4.70. The molecule has 0 saturated heterocycles. The van der Waals surface area contributed by atoms with Gasteiger partial charge in [0.25, 0.3) is 5.91 Å². The number of carbonyl (C=O) groups is 1. The van der Waals surface area contributed by atoms with Gasteiger partial charge in [-0.1, -0.05) is 32.1 Å². The molecule has 1 aliphatic heterocycles. The molecule has 1 aromatic carbocycles. The lowest BCUT2D eigenvalue weighted by Gasteiger charge is -2.22. The molecule has 1 amide bonds. The van der Waals surface area contributed by atoms with E-state index >= 15 is 0 Å². The molecule has 102 valence electrons. The molecule has 0 spiro atoms. The van der Waals surface area contributed by atoms with Crippen molar-refractivity contribution in [2.45, 2.75) is 43.8 Å². The van der Waals surface area contributed by atoms with Crippen LogP contribution in [0.4, 0.5) is 5.69 Å². The normalized spacial score (nSPS) is 19.8. The van der Waals surface area contributed by atoms with E-state index < -0.39 is 0 Å². The SMILES string of the molecule is CC/C=C(/C)C(=O)N1CCC(C)Sc2ccccc21. The highest BCUT2D eigenvalue weighted by Crippen LogP contribution is 2.37. The van der Waals surface area contributed by atoms with Crippen molar-refractivity contribution in [3.63, 3.8) is 0 Å². The molecule has 1 aliphatic rings. The molecule has 1 unspecified atom stereocenters. The van der Waals surface area contributed by atoms with Crippen molar-refractivity contribution >= 4 is 23.4 Å². The van der Waals surface area contributed by atoms with Gasteiger partial charge in [0, 0.05) is 22.3 Å². The third kappa shape index (κ3) is 3.21. The summed E-state index contributed by atoms with van der Waals surface area (Å²) in [5.41, 5.74) is 1.91. The minimum atomic E-state index is 0.143. The van der Waals surface area contributed by atoms with Crippen LogP contribution in [-0.2, 0) is 4.79 Å². The Labute approximate surface area is 119 Å². The van der Waals surface area contributed by atoms with E-state index in [1.54, 1.807) is 0 Å². The van der Waals surface area contributed by atoms with Gasteiger partial charge in [0.05, 0.1) is 5.69 Å². The van der Waals surface area contributed by atoms with Gasteiger partial charge in [0.2, 0.25) is 0 Å². The number of allylic oxidation sites excluding steroid dienone is 1. The largest absolute Gasteiger partial charge is 0.307 e. The average molecular weight is 275 g/mol. The first-order valence-electron chi connectivity index (χ1n) is 6.87. The summed E-state index contributed by atoms with van der Waals surface area (Å²) < 4.78 is 0. The van der Waals surface area contributed by atoms with Crippen molar-refractivity contribution in [1.82, 2.24) is 0 Å². The number of thioether (sulfide) groups is 1. The molecule has 0 saturated carbocycles. The first-order valence-corrected chi connectivity index (χ1v) is 7.75. The lowest BCUT2D eigenvalue weighted by atomic mass is 10.2. The Hall–Kier alpha value is -1.22. The van der Waals surface area contributed by atoms with E-state index in [1.165, 1.54) is 4.90 Å². The summed E-state index contributed by atoms with van der Waals surface area (Å²) in [7, 11) is 0. The molecule has 0 aromatic heterocycles. The van der Waals surface area contributed by atoms with E-state index in [0.29, 0.717) is 5.25 Å². The molecule has 1 heterocycles. The predicted octanol–water partition coefficient (Wildman–Crippen LogP) is 4.26. The van der Waals surface area contributed by atoms with Gasteiger partial charge in [-0.25, -0.2) is 0 Å². The maximum atomic E-state index is 12.6. The summed E-state index contributed by atoms with van der Waals surface area (Å²) >= 11 is 1.87. The molecule has 2 rings (SSSR count). The molecule has 0 aliphatic carbocycles. The Morgan fingerprint density at radius 2 is 2.21 bits per heavy atom. The Morgan fingerprint density at radius 3 is 2.95 bits per heavy atom. The highest BCUT2D eigenvalue weighted by atomic mass is 32.2. The number of amides is 1. The number of hydrogen-bond donors (Lipinski definition) is 0. The first kappa shape index (κ1) is 14.2. The topological polar surface area (TPSA) is 20.3 Å². The van der Waals surface area contributed by atoms with Crippen LogP contribution < -0.4 is 4.90 Å². The Balaban J connectivity index is 2.36. The summed E-state index contributed by atoms with van der Waals surface area (Å²) in [5.74, 6) is 0.143. The zero-order valence-corrected chi connectivity index (χ0v) is 12.7. The number of anilines is 1. The predicted molar refractivity (Wildman–Crippen MR) is 82.8 cm³/mol. The van der Waals surface area contributed by atoms with Gasteiger partial charge in [-0.05, 0) is 31.9 Å². The monoisotopic (exact) mass is 275 g/mol. The van der Waals surface area contributed by atoms with Crippen molar-refractivity contribution in [2.24, 2.45) is 0 Å². The molecule has 1 atom stereocenters. The maximum Gasteiger partial charge on any atom is 0.253 e. The summed E-state index contributed by atoms with van der Waals surface area (Å²) in [6, 6.07) is 8.22. The number of benzene rings is 1. The first-order chi connectivity index (χ1) is 9.13. The Morgan fingerprint density at radius 1 is 1.47 bits per heavy atom. The highest BCUT2D eigenvalue weighted by molar-refractivity contribution is 8.00. The molecule has 19 heavy (non-hydrogen) atoms. The van der Waals surface area contributed by atoms with E-state index in [0.717, 1.165) is 30.6 Å². The number of nitrogens with zero attached hydrogens (tertiary/aromatic N) is 1. The van der Waals surface area contributed by atoms with Crippen LogP contribution in [0, 0.1) is 0 Å². The minimum Gasteiger partial charge on any atom is -0.307 e. The van der Waals surface area contributed by atoms with E-state index in [4.69, 9.17) is 0 Å². The number of para-hydroxylation sites is 1. The van der Waals surface area contributed by atoms with Crippen LogP contribution in [0.1, 0.15) is 33.6 Å². The number of fused-ring (bicyclic) bond motifs is 1. The van der Waals surface area contributed by atoms with E-state index in [1.807, 2.05) is 41.8 Å². The molecular weight excluding hydrogens is 254 g/mol. The van der Waals surface area contributed by atoms with E-state index in [2.05, 4.69) is 26.0 Å². The fourth-order valence-corrected chi connectivity index (χ4v) is 3.42. The number of carbonyl (C=O) groups excluding carboxylic acids is 1. The van der Waals surface area contributed by atoms with E-state index in [-0.39, 0.29) is 5.91 Å². The fraction of sp³-hybridized carbons (Fsp3) is 0.438. The van der Waals surface area contributed by atoms with Gasteiger partial charge in [-0.15, -0.1) is 11.8 Å². The third-order valence-corrected chi connectivity index (χ3v) is 4.57. The van der Waals surface area contributed by atoms with Gasteiger partial charge in [-0.3, -0.25) is 4.79 Å². The minimum absolute atomic E-state index is 0.143. The molecule has 1 aromatic rings. The van der Waals surface area contributed by atoms with Crippen LogP contribution in [-0.4, -0.2) is 17.7 Å².